The molecule has 0 aromatic heterocycles. The molecular formula is C14H10Br3Cl. The normalized spacial score (nSPS) is 12.5. The summed E-state index contributed by atoms with van der Waals surface area (Å²) in [6.07, 6.45) is 0. The summed E-state index contributed by atoms with van der Waals surface area (Å²) in [6, 6.07) is 12.3. The first kappa shape index (κ1) is 14.6. The molecular weight excluding hydrogens is 443 g/mol. The van der Waals surface area contributed by atoms with E-state index in [0.717, 1.165) is 24.5 Å². The summed E-state index contributed by atoms with van der Waals surface area (Å²) in [4.78, 5) is 0. The van der Waals surface area contributed by atoms with Crippen molar-refractivity contribution in [2.45, 2.75) is 12.3 Å². The van der Waals surface area contributed by atoms with Gasteiger partial charge in [0, 0.05) is 13.4 Å². The van der Waals surface area contributed by atoms with Crippen LogP contribution in [0.1, 0.15) is 22.1 Å². The fourth-order valence-electron chi connectivity index (χ4n) is 1.80. The third kappa shape index (κ3) is 3.38. The molecule has 0 bridgehead atoms. The van der Waals surface area contributed by atoms with Crippen molar-refractivity contribution in [1.82, 2.24) is 0 Å². The highest BCUT2D eigenvalue weighted by Crippen LogP contribution is 2.36. The lowest BCUT2D eigenvalue weighted by molar-refractivity contribution is 1.11. The van der Waals surface area contributed by atoms with Gasteiger partial charge in [0.05, 0.1) is 5.38 Å². The Kier molecular flexibility index (Phi) is 4.92. The Hall–Kier alpha value is 0.170. The fourth-order valence-corrected chi connectivity index (χ4v) is 3.72. The van der Waals surface area contributed by atoms with Crippen LogP contribution in [0.4, 0.5) is 0 Å². The van der Waals surface area contributed by atoms with Gasteiger partial charge in [-0.25, -0.2) is 0 Å². The molecule has 2 aromatic carbocycles. The van der Waals surface area contributed by atoms with Gasteiger partial charge in [0.15, 0.2) is 0 Å². The van der Waals surface area contributed by atoms with Crippen LogP contribution in [0.2, 0.25) is 0 Å². The van der Waals surface area contributed by atoms with E-state index in [4.69, 9.17) is 11.6 Å². The van der Waals surface area contributed by atoms with Crippen LogP contribution in [-0.4, -0.2) is 0 Å². The summed E-state index contributed by atoms with van der Waals surface area (Å²) in [5.74, 6) is 0. The summed E-state index contributed by atoms with van der Waals surface area (Å²) in [7, 11) is 0. The van der Waals surface area contributed by atoms with Gasteiger partial charge in [0.1, 0.15) is 0 Å². The molecule has 0 saturated heterocycles. The Labute approximate surface area is 137 Å². The van der Waals surface area contributed by atoms with Crippen LogP contribution in [0.3, 0.4) is 0 Å². The zero-order chi connectivity index (χ0) is 13.3. The van der Waals surface area contributed by atoms with Gasteiger partial charge in [-0.1, -0.05) is 53.9 Å². The van der Waals surface area contributed by atoms with Crippen molar-refractivity contribution < 1.29 is 0 Å². The van der Waals surface area contributed by atoms with E-state index in [1.54, 1.807) is 0 Å². The molecule has 2 aromatic rings. The Balaban J connectivity index is 2.47. The Morgan fingerprint density at radius 3 is 2.33 bits per heavy atom. The third-order valence-corrected chi connectivity index (χ3v) is 4.75. The maximum Gasteiger partial charge on any atom is 0.0847 e. The minimum absolute atomic E-state index is 0.173. The fraction of sp³-hybridized carbons (Fsp3) is 0.143. The lowest BCUT2D eigenvalue weighted by atomic mass is 10.0. The molecule has 0 amide bonds. The summed E-state index contributed by atoms with van der Waals surface area (Å²) in [5.41, 5.74) is 3.34. The highest BCUT2D eigenvalue weighted by molar-refractivity contribution is 9.11. The SMILES string of the molecule is Cc1cc(Br)cc(C(Cl)c2cc(Br)ccc2Br)c1. The van der Waals surface area contributed by atoms with Crippen LogP contribution in [0.15, 0.2) is 49.8 Å². The van der Waals surface area contributed by atoms with Gasteiger partial charge in [-0.3, -0.25) is 0 Å². The minimum Gasteiger partial charge on any atom is -0.113 e. The molecule has 0 spiro atoms. The van der Waals surface area contributed by atoms with E-state index in [9.17, 15) is 0 Å². The molecule has 0 heterocycles. The van der Waals surface area contributed by atoms with Crippen molar-refractivity contribution in [3.63, 3.8) is 0 Å². The van der Waals surface area contributed by atoms with E-state index in [1.165, 1.54) is 5.56 Å². The van der Waals surface area contributed by atoms with Gasteiger partial charge in [0.2, 0.25) is 0 Å². The molecule has 0 aliphatic rings. The van der Waals surface area contributed by atoms with E-state index in [1.807, 2.05) is 18.2 Å². The molecule has 0 N–H and O–H groups in total. The second-order valence-corrected chi connectivity index (χ2v) is 7.21. The van der Waals surface area contributed by atoms with Crippen molar-refractivity contribution >= 4 is 59.4 Å². The molecule has 0 aliphatic heterocycles. The van der Waals surface area contributed by atoms with Crippen LogP contribution in [0, 0.1) is 6.92 Å². The highest BCUT2D eigenvalue weighted by Gasteiger charge is 2.15. The van der Waals surface area contributed by atoms with Gasteiger partial charge in [-0.2, -0.15) is 0 Å². The molecule has 94 valence electrons. The van der Waals surface area contributed by atoms with Crippen molar-refractivity contribution in [2.24, 2.45) is 0 Å². The molecule has 0 fully saturated rings. The predicted octanol–water partition coefficient (Wildman–Crippen LogP) is 6.61. The van der Waals surface area contributed by atoms with Crippen molar-refractivity contribution in [3.05, 3.63) is 66.5 Å². The monoisotopic (exact) mass is 450 g/mol. The average molecular weight is 453 g/mol. The van der Waals surface area contributed by atoms with E-state index >= 15 is 0 Å². The summed E-state index contributed by atoms with van der Waals surface area (Å²) in [5, 5.41) is -0.173. The Morgan fingerprint density at radius 1 is 0.944 bits per heavy atom. The van der Waals surface area contributed by atoms with Crippen LogP contribution in [0.25, 0.3) is 0 Å². The molecule has 1 atom stereocenters. The Morgan fingerprint density at radius 2 is 1.67 bits per heavy atom. The predicted molar refractivity (Wildman–Crippen MR) is 88.4 cm³/mol. The van der Waals surface area contributed by atoms with Gasteiger partial charge < -0.3 is 0 Å². The van der Waals surface area contributed by atoms with Crippen LogP contribution < -0.4 is 0 Å². The molecule has 0 saturated carbocycles. The Bertz CT molecular complexity index is 561. The highest BCUT2D eigenvalue weighted by atomic mass is 79.9. The molecule has 18 heavy (non-hydrogen) atoms. The zero-order valence-corrected chi connectivity index (χ0v) is 15.1. The molecule has 1 unspecified atom stereocenters. The molecule has 0 nitrogen and oxygen atoms in total. The molecule has 0 aliphatic carbocycles. The van der Waals surface area contributed by atoms with Crippen molar-refractivity contribution in [2.75, 3.05) is 0 Å². The van der Waals surface area contributed by atoms with E-state index in [-0.39, 0.29) is 5.38 Å². The van der Waals surface area contributed by atoms with Crippen molar-refractivity contribution in [1.29, 1.82) is 0 Å². The third-order valence-electron chi connectivity index (χ3n) is 2.59. The number of benzene rings is 2. The number of aryl methyl sites for hydroxylation is 1. The summed E-state index contributed by atoms with van der Waals surface area (Å²) < 4.78 is 3.09. The van der Waals surface area contributed by atoms with E-state index < -0.39 is 0 Å². The molecule has 4 heteroatoms. The van der Waals surface area contributed by atoms with Gasteiger partial charge in [0.25, 0.3) is 0 Å². The molecule has 2 rings (SSSR count). The zero-order valence-electron chi connectivity index (χ0n) is 9.55. The number of alkyl halides is 1. The number of halogens is 4. The van der Waals surface area contributed by atoms with Gasteiger partial charge >= 0.3 is 0 Å². The number of hydrogen-bond acceptors (Lipinski definition) is 0. The lowest BCUT2D eigenvalue weighted by Gasteiger charge is -2.14. The van der Waals surface area contributed by atoms with E-state index in [0.29, 0.717) is 0 Å². The smallest absolute Gasteiger partial charge is 0.0847 e. The first-order chi connectivity index (χ1) is 8.47. The second-order valence-electron chi connectivity index (χ2n) is 4.09. The first-order valence-corrected chi connectivity index (χ1v) is 8.15. The van der Waals surface area contributed by atoms with E-state index in [2.05, 4.69) is 72.9 Å². The van der Waals surface area contributed by atoms with Crippen molar-refractivity contribution in [3.8, 4) is 0 Å². The van der Waals surface area contributed by atoms with Crippen LogP contribution in [0.5, 0.6) is 0 Å². The van der Waals surface area contributed by atoms with Crippen LogP contribution >= 0.6 is 59.4 Å². The van der Waals surface area contributed by atoms with Crippen LogP contribution in [-0.2, 0) is 0 Å². The number of hydrogen-bond donors (Lipinski definition) is 0. The standard InChI is InChI=1S/C14H10Br3Cl/c1-8-4-9(6-11(16)5-8)14(18)12-7-10(15)2-3-13(12)17/h2-7,14H,1H3. The topological polar surface area (TPSA) is 0 Å². The summed E-state index contributed by atoms with van der Waals surface area (Å²) >= 11 is 17.1. The number of rotatable bonds is 2. The maximum atomic E-state index is 6.58. The quantitative estimate of drug-likeness (QED) is 0.449. The lowest BCUT2D eigenvalue weighted by Crippen LogP contribution is -1.95. The molecule has 0 radical (unpaired) electrons. The maximum absolute atomic E-state index is 6.58. The average Bonchev–Trinajstić information content (AvgIpc) is 2.30. The van der Waals surface area contributed by atoms with Gasteiger partial charge in [-0.05, 0) is 53.9 Å². The summed E-state index contributed by atoms with van der Waals surface area (Å²) in [6.45, 7) is 2.06. The largest absolute Gasteiger partial charge is 0.113 e. The minimum atomic E-state index is -0.173. The van der Waals surface area contributed by atoms with Gasteiger partial charge in [-0.15, -0.1) is 11.6 Å². The second kappa shape index (κ2) is 6.08. The first-order valence-electron chi connectivity index (χ1n) is 5.33.